The number of amides is 3. The number of rotatable bonds is 6. The Morgan fingerprint density at radius 3 is 2.68 bits per heavy atom. The molecule has 3 amide bonds. The highest BCUT2D eigenvalue weighted by atomic mass is 16.5. The Morgan fingerprint density at radius 2 is 1.85 bits per heavy atom. The molecule has 0 radical (unpaired) electrons. The average molecular weight is 458 g/mol. The van der Waals surface area contributed by atoms with Crippen LogP contribution in [0.1, 0.15) is 66.8 Å². The highest BCUT2D eigenvalue weighted by molar-refractivity contribution is 6.21. The molecule has 0 saturated heterocycles. The van der Waals surface area contributed by atoms with Crippen LogP contribution in [0.25, 0.3) is 0 Å². The van der Waals surface area contributed by atoms with Crippen molar-refractivity contribution in [1.29, 1.82) is 0 Å². The van der Waals surface area contributed by atoms with Gasteiger partial charge in [-0.3, -0.25) is 19.3 Å². The number of fused-ring (bicyclic) bond motifs is 2. The molecule has 8 nitrogen and oxygen atoms in total. The van der Waals surface area contributed by atoms with Gasteiger partial charge in [0.15, 0.2) is 6.61 Å². The Kier molecular flexibility index (Phi) is 5.71. The number of ether oxygens (including phenoxy) is 1. The van der Waals surface area contributed by atoms with E-state index in [0.717, 1.165) is 29.7 Å². The second-order valence-electron chi connectivity index (χ2n) is 8.32. The molecule has 1 aliphatic carbocycles. The average Bonchev–Trinajstić information content (AvgIpc) is 3.45. The van der Waals surface area contributed by atoms with E-state index < -0.39 is 30.3 Å². The lowest BCUT2D eigenvalue weighted by Gasteiger charge is -2.26. The molecular weight excluding hydrogens is 436 g/mol. The quantitative estimate of drug-likeness (QED) is 0.448. The standard InChI is InChI=1S/C26H22N2O6/c29-23(27-22-9-3-6-16-5-1-2-8-19(16)22)15-34-26(32)17-10-11-20-21(13-17)25(31)28(24(20)30)14-18-7-4-12-33-18/h1-2,4-5,7-8,10-13,22H,3,6,9,14-15H2,(H,27,29)/t22-/m0/s1. The van der Waals surface area contributed by atoms with Crippen LogP contribution in [0.15, 0.2) is 65.3 Å². The number of benzene rings is 2. The van der Waals surface area contributed by atoms with Crippen molar-refractivity contribution in [3.8, 4) is 0 Å². The van der Waals surface area contributed by atoms with E-state index in [1.807, 2.05) is 18.2 Å². The highest BCUT2D eigenvalue weighted by Gasteiger charge is 2.36. The van der Waals surface area contributed by atoms with Crippen molar-refractivity contribution in [3.63, 3.8) is 0 Å². The minimum absolute atomic E-state index is 0.00356. The number of hydrogen-bond acceptors (Lipinski definition) is 6. The molecule has 3 aromatic rings. The van der Waals surface area contributed by atoms with Gasteiger partial charge in [-0.05, 0) is 60.7 Å². The van der Waals surface area contributed by atoms with Crippen LogP contribution in [0, 0.1) is 0 Å². The maximum Gasteiger partial charge on any atom is 0.338 e. The van der Waals surface area contributed by atoms with Crippen molar-refractivity contribution in [2.75, 3.05) is 6.61 Å². The Labute approximate surface area is 195 Å². The third kappa shape index (κ3) is 4.10. The lowest BCUT2D eigenvalue weighted by atomic mass is 9.88. The monoisotopic (exact) mass is 458 g/mol. The van der Waals surface area contributed by atoms with Gasteiger partial charge in [-0.1, -0.05) is 24.3 Å². The summed E-state index contributed by atoms with van der Waals surface area (Å²) in [6.45, 7) is -0.435. The summed E-state index contributed by atoms with van der Waals surface area (Å²) in [7, 11) is 0. The van der Waals surface area contributed by atoms with Crippen molar-refractivity contribution >= 4 is 23.7 Å². The molecule has 0 bridgehead atoms. The molecule has 0 spiro atoms. The minimum atomic E-state index is -0.744. The topological polar surface area (TPSA) is 106 Å². The Hall–Kier alpha value is -4.20. The number of hydrogen-bond donors (Lipinski definition) is 1. The van der Waals surface area contributed by atoms with Crippen molar-refractivity contribution in [2.24, 2.45) is 0 Å². The predicted molar refractivity (Wildman–Crippen MR) is 120 cm³/mol. The number of aryl methyl sites for hydroxylation is 1. The zero-order valence-corrected chi connectivity index (χ0v) is 18.3. The SMILES string of the molecule is O=C(COC(=O)c1ccc2c(c1)C(=O)N(Cc1ccco1)C2=O)N[C@H]1CCCc2ccccc21. The van der Waals surface area contributed by atoms with E-state index in [2.05, 4.69) is 11.4 Å². The second kappa shape index (κ2) is 8.97. The number of carbonyl (C=O) groups is 4. The van der Waals surface area contributed by atoms with Gasteiger partial charge in [0.05, 0.1) is 35.5 Å². The minimum Gasteiger partial charge on any atom is -0.467 e. The first-order valence-corrected chi connectivity index (χ1v) is 11.1. The molecule has 2 aromatic carbocycles. The fourth-order valence-electron chi connectivity index (χ4n) is 4.47. The molecule has 1 N–H and O–H groups in total. The van der Waals surface area contributed by atoms with Gasteiger partial charge < -0.3 is 14.5 Å². The van der Waals surface area contributed by atoms with Crippen LogP contribution in [0.2, 0.25) is 0 Å². The zero-order valence-electron chi connectivity index (χ0n) is 18.3. The zero-order chi connectivity index (χ0) is 23.7. The van der Waals surface area contributed by atoms with Gasteiger partial charge in [0, 0.05) is 0 Å². The molecule has 5 rings (SSSR count). The number of furan rings is 1. The first-order chi connectivity index (χ1) is 16.5. The molecule has 1 atom stereocenters. The van der Waals surface area contributed by atoms with E-state index in [4.69, 9.17) is 9.15 Å². The van der Waals surface area contributed by atoms with Crippen molar-refractivity contribution in [3.05, 3.63) is 94.4 Å². The Balaban J connectivity index is 1.21. The number of nitrogens with one attached hydrogen (secondary N) is 1. The molecule has 34 heavy (non-hydrogen) atoms. The molecule has 8 heteroatoms. The van der Waals surface area contributed by atoms with Crippen molar-refractivity contribution in [2.45, 2.75) is 31.8 Å². The molecule has 2 heterocycles. The van der Waals surface area contributed by atoms with E-state index in [0.29, 0.717) is 5.76 Å². The summed E-state index contributed by atoms with van der Waals surface area (Å²) >= 11 is 0. The summed E-state index contributed by atoms with van der Waals surface area (Å²) in [6, 6.07) is 15.4. The van der Waals surface area contributed by atoms with E-state index in [1.165, 1.54) is 30.0 Å². The molecule has 2 aliphatic rings. The molecule has 0 unspecified atom stereocenters. The van der Waals surface area contributed by atoms with Crippen molar-refractivity contribution < 1.29 is 28.3 Å². The Morgan fingerprint density at radius 1 is 1.03 bits per heavy atom. The van der Waals surface area contributed by atoms with Crippen LogP contribution in [0.4, 0.5) is 0 Å². The van der Waals surface area contributed by atoms with Gasteiger partial charge in [-0.2, -0.15) is 0 Å². The summed E-state index contributed by atoms with van der Waals surface area (Å²) in [5, 5.41) is 2.93. The number of carbonyl (C=O) groups excluding carboxylic acids is 4. The van der Waals surface area contributed by atoms with Crippen LogP contribution in [0.3, 0.4) is 0 Å². The number of imide groups is 1. The number of esters is 1. The van der Waals surface area contributed by atoms with E-state index in [9.17, 15) is 19.2 Å². The summed E-state index contributed by atoms with van der Waals surface area (Å²) in [5.41, 5.74) is 2.73. The molecule has 0 saturated carbocycles. The second-order valence-corrected chi connectivity index (χ2v) is 8.32. The fourth-order valence-corrected chi connectivity index (χ4v) is 4.47. The van der Waals surface area contributed by atoms with Gasteiger partial charge in [0.25, 0.3) is 17.7 Å². The van der Waals surface area contributed by atoms with Crippen LogP contribution in [0.5, 0.6) is 0 Å². The lowest BCUT2D eigenvalue weighted by Crippen LogP contribution is -2.34. The normalized spacial score (nSPS) is 16.7. The third-order valence-electron chi connectivity index (χ3n) is 6.14. The fraction of sp³-hybridized carbons (Fsp3) is 0.231. The summed E-state index contributed by atoms with van der Waals surface area (Å²) in [6.07, 6.45) is 4.24. The molecular formula is C26H22N2O6. The summed E-state index contributed by atoms with van der Waals surface area (Å²) in [5.74, 6) is -1.64. The van der Waals surface area contributed by atoms with E-state index in [-0.39, 0.29) is 29.3 Å². The van der Waals surface area contributed by atoms with Gasteiger partial charge in [-0.25, -0.2) is 4.79 Å². The van der Waals surface area contributed by atoms with E-state index in [1.54, 1.807) is 12.1 Å². The largest absolute Gasteiger partial charge is 0.467 e. The first-order valence-electron chi connectivity index (χ1n) is 11.1. The summed E-state index contributed by atoms with van der Waals surface area (Å²) in [4.78, 5) is 51.4. The van der Waals surface area contributed by atoms with Crippen LogP contribution in [-0.2, 0) is 22.5 Å². The third-order valence-corrected chi connectivity index (χ3v) is 6.14. The van der Waals surface area contributed by atoms with Gasteiger partial charge in [-0.15, -0.1) is 0 Å². The van der Waals surface area contributed by atoms with Crippen molar-refractivity contribution in [1.82, 2.24) is 10.2 Å². The predicted octanol–water partition coefficient (Wildman–Crippen LogP) is 3.43. The highest BCUT2D eigenvalue weighted by Crippen LogP contribution is 2.29. The van der Waals surface area contributed by atoms with E-state index >= 15 is 0 Å². The molecule has 1 aliphatic heterocycles. The maximum atomic E-state index is 12.7. The maximum absolute atomic E-state index is 12.7. The van der Waals surface area contributed by atoms with Crippen LogP contribution >= 0.6 is 0 Å². The smallest absolute Gasteiger partial charge is 0.338 e. The summed E-state index contributed by atoms with van der Waals surface area (Å²) < 4.78 is 10.4. The number of nitrogens with zero attached hydrogens (tertiary/aromatic N) is 1. The van der Waals surface area contributed by atoms with Gasteiger partial charge >= 0.3 is 5.97 Å². The molecule has 172 valence electrons. The lowest BCUT2D eigenvalue weighted by molar-refractivity contribution is -0.125. The van der Waals surface area contributed by atoms with Gasteiger partial charge in [0.1, 0.15) is 5.76 Å². The molecule has 1 aromatic heterocycles. The molecule has 0 fully saturated rings. The van der Waals surface area contributed by atoms with Gasteiger partial charge in [0.2, 0.25) is 0 Å². The first kappa shape index (κ1) is 21.6. The Bertz CT molecular complexity index is 1280. The van der Waals surface area contributed by atoms with Crippen LogP contribution in [-0.4, -0.2) is 35.2 Å². The van der Waals surface area contributed by atoms with Crippen LogP contribution < -0.4 is 5.32 Å².